The molecule has 5 rings (SSSR count). The van der Waals surface area contributed by atoms with Crippen molar-refractivity contribution in [2.24, 2.45) is 0 Å². The number of thioether (sulfide) groups is 1. The molecule has 0 bridgehead atoms. The lowest BCUT2D eigenvalue weighted by molar-refractivity contribution is -0.207. The highest BCUT2D eigenvalue weighted by molar-refractivity contribution is 7.99. The van der Waals surface area contributed by atoms with Gasteiger partial charge in [0.1, 0.15) is 18.1 Å². The summed E-state index contributed by atoms with van der Waals surface area (Å²) in [7, 11) is 0. The Balaban J connectivity index is 1.53. The third-order valence-electron chi connectivity index (χ3n) is 7.40. The third kappa shape index (κ3) is 9.71. The SMILES string of the molecule is O=C(O)NCCSC1O[C@H](COC(=O)c2ccccc2)[C@H](OC(=O)c2ccccc2)[C@H](OC(=O)c2ccccc2)[C@H]1OC(=O)c1ccccc1. The molecule has 1 heterocycles. The normalized spacial score (nSPS) is 19.7. The number of benzene rings is 4. The Bertz CT molecular complexity index is 1740. The zero-order chi connectivity index (χ0) is 35.3. The first-order chi connectivity index (χ1) is 24.3. The van der Waals surface area contributed by atoms with Gasteiger partial charge < -0.3 is 34.1 Å². The van der Waals surface area contributed by atoms with Crippen molar-refractivity contribution in [3.63, 3.8) is 0 Å². The standard InChI is InChI=1S/C37H33NO11S/c39-32(24-13-5-1-6-14-24)45-23-28-29(47-33(40)25-15-7-2-8-16-25)30(48-34(41)26-17-9-3-10-18-26)31(36(46-28)50-22-21-38-37(43)44)49-35(42)27-19-11-4-12-20-27/h1-20,28-31,36,38H,21-23H2,(H,43,44)/t28-,29+,30+,31-,36?/m1/s1. The minimum absolute atomic E-state index is 0.00619. The number of hydrogen-bond donors (Lipinski definition) is 2. The van der Waals surface area contributed by atoms with Gasteiger partial charge in [-0.25, -0.2) is 24.0 Å². The maximum Gasteiger partial charge on any atom is 0.404 e. The summed E-state index contributed by atoms with van der Waals surface area (Å²) in [6.45, 7) is -0.461. The third-order valence-corrected chi connectivity index (χ3v) is 8.55. The van der Waals surface area contributed by atoms with Gasteiger partial charge >= 0.3 is 30.0 Å². The molecule has 1 unspecified atom stereocenters. The molecule has 0 saturated carbocycles. The van der Waals surface area contributed by atoms with Crippen molar-refractivity contribution < 1.29 is 52.8 Å². The fourth-order valence-electron chi connectivity index (χ4n) is 4.99. The second kappa shape index (κ2) is 17.7. The zero-order valence-corrected chi connectivity index (χ0v) is 27.3. The van der Waals surface area contributed by atoms with Crippen LogP contribution in [0.5, 0.6) is 0 Å². The predicted molar refractivity (Wildman–Crippen MR) is 181 cm³/mol. The van der Waals surface area contributed by atoms with Crippen molar-refractivity contribution in [2.75, 3.05) is 18.9 Å². The highest BCUT2D eigenvalue weighted by Crippen LogP contribution is 2.35. The second-order valence-electron chi connectivity index (χ2n) is 10.8. The summed E-state index contributed by atoms with van der Waals surface area (Å²) in [6, 6.07) is 32.4. The van der Waals surface area contributed by atoms with Gasteiger partial charge in [-0.1, -0.05) is 72.8 Å². The van der Waals surface area contributed by atoms with Gasteiger partial charge in [0, 0.05) is 12.3 Å². The number of hydrogen-bond acceptors (Lipinski definition) is 11. The van der Waals surface area contributed by atoms with Gasteiger partial charge in [0.2, 0.25) is 0 Å². The van der Waals surface area contributed by atoms with Crippen LogP contribution in [0.15, 0.2) is 121 Å². The summed E-state index contributed by atoms with van der Waals surface area (Å²) in [5.41, 5.74) is -0.321. The van der Waals surface area contributed by atoms with Gasteiger partial charge in [-0.05, 0) is 48.5 Å². The topological polar surface area (TPSA) is 164 Å². The van der Waals surface area contributed by atoms with Gasteiger partial charge in [-0.15, -0.1) is 11.8 Å². The molecule has 4 aromatic rings. The number of amides is 1. The Morgan fingerprint density at radius 1 is 0.580 bits per heavy atom. The van der Waals surface area contributed by atoms with Crippen LogP contribution >= 0.6 is 11.8 Å². The predicted octanol–water partition coefficient (Wildman–Crippen LogP) is 5.25. The van der Waals surface area contributed by atoms with E-state index in [0.717, 1.165) is 11.8 Å². The monoisotopic (exact) mass is 699 g/mol. The molecule has 13 heteroatoms. The molecule has 1 fully saturated rings. The van der Waals surface area contributed by atoms with Crippen LogP contribution in [0.1, 0.15) is 41.4 Å². The van der Waals surface area contributed by atoms with Crippen molar-refractivity contribution in [2.45, 2.75) is 29.9 Å². The maximum absolute atomic E-state index is 13.6. The second-order valence-corrected chi connectivity index (χ2v) is 12.0. The molecule has 1 aliphatic rings. The summed E-state index contributed by atoms with van der Waals surface area (Å²) >= 11 is 1.07. The van der Waals surface area contributed by atoms with Gasteiger partial charge in [0.25, 0.3) is 0 Å². The van der Waals surface area contributed by atoms with E-state index in [1.807, 2.05) is 0 Å². The van der Waals surface area contributed by atoms with E-state index in [4.69, 9.17) is 28.8 Å². The Morgan fingerprint density at radius 2 is 0.980 bits per heavy atom. The number of carboxylic acid groups (broad SMARTS) is 1. The van der Waals surface area contributed by atoms with Crippen molar-refractivity contribution in [1.82, 2.24) is 5.32 Å². The molecule has 0 aromatic heterocycles. The summed E-state index contributed by atoms with van der Waals surface area (Å²) in [6.07, 6.45) is -6.81. The fourth-order valence-corrected chi connectivity index (χ4v) is 6.07. The van der Waals surface area contributed by atoms with Gasteiger partial charge in [-0.2, -0.15) is 0 Å². The molecule has 5 atom stereocenters. The average Bonchev–Trinajstić information content (AvgIpc) is 3.15. The maximum atomic E-state index is 13.6. The van der Waals surface area contributed by atoms with E-state index in [-0.39, 0.29) is 34.6 Å². The molecule has 4 aromatic carbocycles. The first-order valence-electron chi connectivity index (χ1n) is 15.5. The van der Waals surface area contributed by atoms with Crippen LogP contribution in [0.3, 0.4) is 0 Å². The highest BCUT2D eigenvalue weighted by atomic mass is 32.2. The summed E-state index contributed by atoms with van der Waals surface area (Å²) < 4.78 is 30.0. The first kappa shape index (κ1) is 35.6. The zero-order valence-electron chi connectivity index (χ0n) is 26.5. The Labute approximate surface area is 291 Å². The van der Waals surface area contributed by atoms with Crippen LogP contribution in [0, 0.1) is 0 Å². The van der Waals surface area contributed by atoms with Crippen LogP contribution in [0.25, 0.3) is 0 Å². The smallest absolute Gasteiger partial charge is 0.404 e. The van der Waals surface area contributed by atoms with Crippen LogP contribution in [-0.2, 0) is 23.7 Å². The minimum atomic E-state index is -1.48. The van der Waals surface area contributed by atoms with E-state index >= 15 is 0 Å². The molecule has 50 heavy (non-hydrogen) atoms. The fraction of sp³-hybridized carbons (Fsp3) is 0.216. The van der Waals surface area contributed by atoms with E-state index in [9.17, 15) is 24.0 Å². The molecule has 12 nitrogen and oxygen atoms in total. The number of carbonyl (C=O) groups excluding carboxylic acids is 4. The van der Waals surface area contributed by atoms with E-state index < -0.39 is 66.4 Å². The Morgan fingerprint density at radius 3 is 1.42 bits per heavy atom. The average molecular weight is 700 g/mol. The van der Waals surface area contributed by atoms with E-state index in [0.29, 0.717) is 0 Å². The lowest BCUT2D eigenvalue weighted by Gasteiger charge is -2.44. The van der Waals surface area contributed by atoms with Crippen LogP contribution in [0.2, 0.25) is 0 Å². The molecule has 1 amide bonds. The molecule has 1 aliphatic heterocycles. The van der Waals surface area contributed by atoms with Crippen molar-refractivity contribution in [3.05, 3.63) is 144 Å². The van der Waals surface area contributed by atoms with Crippen LogP contribution in [0.4, 0.5) is 4.79 Å². The molecule has 0 spiro atoms. The number of rotatable bonds is 13. The molecule has 2 N–H and O–H groups in total. The largest absolute Gasteiger partial charge is 0.465 e. The number of ether oxygens (including phenoxy) is 5. The van der Waals surface area contributed by atoms with Gasteiger partial charge in [-0.3, -0.25) is 0 Å². The lowest BCUT2D eigenvalue weighted by Crippen LogP contribution is -2.62. The number of esters is 4. The first-order valence-corrected chi connectivity index (χ1v) is 16.6. The Kier molecular flexibility index (Phi) is 12.6. The van der Waals surface area contributed by atoms with Crippen molar-refractivity contribution in [3.8, 4) is 0 Å². The minimum Gasteiger partial charge on any atom is -0.465 e. The van der Waals surface area contributed by atoms with Gasteiger partial charge in [0.05, 0.1) is 22.3 Å². The summed E-state index contributed by atoms with van der Waals surface area (Å²) in [5.74, 6) is -2.94. The van der Waals surface area contributed by atoms with E-state index in [1.54, 1.807) is 84.9 Å². The highest BCUT2D eigenvalue weighted by Gasteiger charge is 2.53. The quantitative estimate of drug-likeness (QED) is 0.106. The number of nitrogens with one attached hydrogen (secondary N) is 1. The van der Waals surface area contributed by atoms with Crippen LogP contribution in [-0.4, -0.2) is 83.8 Å². The molecule has 0 aliphatic carbocycles. The molecule has 258 valence electrons. The number of carbonyl (C=O) groups is 5. The molecular formula is C37H33NO11S. The van der Waals surface area contributed by atoms with Crippen molar-refractivity contribution in [1.29, 1.82) is 0 Å². The van der Waals surface area contributed by atoms with E-state index in [1.165, 1.54) is 36.4 Å². The lowest BCUT2D eigenvalue weighted by atomic mass is 9.98. The summed E-state index contributed by atoms with van der Waals surface area (Å²) in [4.78, 5) is 64.7. The van der Waals surface area contributed by atoms with Gasteiger partial charge in [0.15, 0.2) is 18.3 Å². The molecule has 0 radical (unpaired) electrons. The summed E-state index contributed by atoms with van der Waals surface area (Å²) in [5, 5.41) is 11.4. The Hall–Kier alpha value is -5.66. The molecular weight excluding hydrogens is 666 g/mol. The van der Waals surface area contributed by atoms with Crippen molar-refractivity contribution >= 4 is 41.7 Å². The van der Waals surface area contributed by atoms with E-state index in [2.05, 4.69) is 5.32 Å². The van der Waals surface area contributed by atoms with Crippen LogP contribution < -0.4 is 5.32 Å². The molecule has 1 saturated heterocycles.